The summed E-state index contributed by atoms with van der Waals surface area (Å²) in [7, 11) is 0. The minimum Gasteiger partial charge on any atom is -0.543 e. The Labute approximate surface area is 316 Å². The van der Waals surface area contributed by atoms with Gasteiger partial charge in [0.2, 0.25) is 11.5 Å². The molecule has 5 heterocycles. The molecule has 1 aromatic carbocycles. The van der Waals surface area contributed by atoms with E-state index >= 15 is 0 Å². The molecular weight excluding hydrogens is 739 g/mol. The zero-order valence-corrected chi connectivity index (χ0v) is 30.8. The van der Waals surface area contributed by atoms with Crippen LogP contribution in [0, 0.1) is 5.92 Å². The van der Waals surface area contributed by atoms with Crippen molar-refractivity contribution in [2.24, 2.45) is 27.5 Å². The van der Waals surface area contributed by atoms with Gasteiger partial charge in [-0.25, -0.2) is 14.3 Å². The number of nitrogen functional groups attached to an aromatic ring is 1. The Kier molecular flexibility index (Phi) is 10.9. The number of pyridine rings is 1. The zero-order valence-electron chi connectivity index (χ0n) is 29.2. The molecule has 7 N–H and O–H groups in total. The summed E-state index contributed by atoms with van der Waals surface area (Å²) in [4.78, 5) is 65.3. The van der Waals surface area contributed by atoms with Crippen LogP contribution in [0.4, 0.5) is 5.13 Å². The number of ether oxygens (including phenoxy) is 1. The van der Waals surface area contributed by atoms with Gasteiger partial charge in [0.25, 0.3) is 0 Å². The van der Waals surface area contributed by atoms with Crippen LogP contribution in [0.25, 0.3) is 10.9 Å². The van der Waals surface area contributed by atoms with Gasteiger partial charge in [-0.15, -0.1) is 23.1 Å². The third kappa shape index (κ3) is 8.16. The lowest BCUT2D eigenvalue weighted by Gasteiger charge is -2.50. The third-order valence-corrected chi connectivity index (χ3v) is 10.8. The quantitative estimate of drug-likeness (QED) is 0.0301. The van der Waals surface area contributed by atoms with E-state index in [0.717, 1.165) is 27.8 Å². The van der Waals surface area contributed by atoms with Gasteiger partial charge >= 0.3 is 5.97 Å². The van der Waals surface area contributed by atoms with Gasteiger partial charge in [0.05, 0.1) is 40.4 Å². The third-order valence-electron chi connectivity index (χ3n) is 8.74. The first-order valence-electron chi connectivity index (χ1n) is 16.6. The standard InChI is InChI=1S/C35H37N9O8S2/c1-35(2,32(49)50)52-41-27(24-18-54-34(38)40-24)26(45)13-23-29(46)44-28(31(47)48)21(17-53-30(23)44)16-42-10-8-25-20(15-42)7-11-43(25)14-19-3-5-22(6-4-19)51-12-9-39-33(36)37/h3-8,10-11,15,18,23,30H,9,12-14,16-17H2,1-2H3,(H7-,36,37,38,39,40,47,48,49,50)/b41-27-/t23-,30-/m1/s1. The molecule has 6 rings (SSSR count). The first-order chi connectivity index (χ1) is 25.7. The van der Waals surface area contributed by atoms with Gasteiger partial charge < -0.3 is 46.4 Å². The summed E-state index contributed by atoms with van der Waals surface area (Å²) in [5, 5.41) is 27.6. The van der Waals surface area contributed by atoms with E-state index < -0.39 is 40.5 Å². The van der Waals surface area contributed by atoms with Crippen LogP contribution >= 0.6 is 23.1 Å². The Hall–Kier alpha value is -5.95. The number of aliphatic carboxylic acids is 2. The molecule has 4 aromatic rings. The summed E-state index contributed by atoms with van der Waals surface area (Å²) < 4.78 is 9.62. The van der Waals surface area contributed by atoms with E-state index in [1.165, 1.54) is 35.9 Å². The second-order valence-corrected chi connectivity index (χ2v) is 15.0. The number of aliphatic imine (C=N–C) groups is 1. The topological polar surface area (TPSA) is 258 Å². The molecule has 282 valence electrons. The van der Waals surface area contributed by atoms with Crippen LogP contribution in [0.5, 0.6) is 5.75 Å². The molecule has 2 aliphatic rings. The highest BCUT2D eigenvalue weighted by atomic mass is 32.2. The van der Waals surface area contributed by atoms with Crippen molar-refractivity contribution < 1.29 is 43.5 Å². The fourth-order valence-electron chi connectivity index (χ4n) is 5.93. The average molecular weight is 776 g/mol. The lowest BCUT2D eigenvalue weighted by molar-refractivity contribution is -0.687. The van der Waals surface area contributed by atoms with Crippen LogP contribution in [-0.2, 0) is 37.1 Å². The normalized spacial score (nSPS) is 17.2. The van der Waals surface area contributed by atoms with Crippen molar-refractivity contribution in [3.8, 4) is 5.75 Å². The number of oxime groups is 1. The molecule has 54 heavy (non-hydrogen) atoms. The fraction of sp³-hybridized carbons (Fsp3) is 0.314. The first kappa shape index (κ1) is 37.8. The molecule has 19 heteroatoms. The number of hydrogen-bond donors (Lipinski definition) is 4. The second kappa shape index (κ2) is 15.6. The molecule has 0 unspecified atom stereocenters. The number of carboxylic acids is 2. The summed E-state index contributed by atoms with van der Waals surface area (Å²) in [6, 6.07) is 11.6. The number of anilines is 1. The lowest BCUT2D eigenvalue weighted by atomic mass is 9.89. The first-order valence-corrected chi connectivity index (χ1v) is 18.5. The van der Waals surface area contributed by atoms with Crippen LogP contribution in [0.2, 0.25) is 0 Å². The van der Waals surface area contributed by atoms with E-state index in [0.29, 0.717) is 31.0 Å². The fourth-order valence-corrected chi connectivity index (χ4v) is 7.88. The van der Waals surface area contributed by atoms with E-state index in [2.05, 4.69) is 19.7 Å². The molecule has 2 atom stereocenters. The minimum absolute atomic E-state index is 0.0174. The zero-order chi connectivity index (χ0) is 38.7. The molecule has 0 saturated carbocycles. The average Bonchev–Trinajstić information content (AvgIpc) is 3.74. The van der Waals surface area contributed by atoms with Crippen LogP contribution in [0.1, 0.15) is 31.5 Å². The molecule has 17 nitrogen and oxygen atoms in total. The lowest BCUT2D eigenvalue weighted by Crippen LogP contribution is -2.63. The number of β-lactam (4-membered cyclic amide) rings is 1. The number of fused-ring (bicyclic) bond motifs is 2. The number of nitrogens with zero attached hydrogens (tertiary/aromatic N) is 6. The molecule has 1 amide bonds. The highest BCUT2D eigenvalue weighted by molar-refractivity contribution is 8.00. The molecule has 0 spiro atoms. The highest BCUT2D eigenvalue weighted by Gasteiger charge is 2.53. The van der Waals surface area contributed by atoms with Gasteiger partial charge in [0.15, 0.2) is 41.5 Å². The number of amides is 1. The minimum atomic E-state index is -1.76. The summed E-state index contributed by atoms with van der Waals surface area (Å²) in [6.07, 6.45) is 5.40. The van der Waals surface area contributed by atoms with Crippen LogP contribution < -0.4 is 31.6 Å². The Morgan fingerprint density at radius 3 is 2.59 bits per heavy atom. The number of carbonyl (C=O) groups excluding carboxylic acids is 3. The maximum Gasteiger partial charge on any atom is 0.350 e. The van der Waals surface area contributed by atoms with Crippen molar-refractivity contribution >= 4 is 74.4 Å². The summed E-state index contributed by atoms with van der Waals surface area (Å²) >= 11 is 2.39. The number of carbonyl (C=O) groups is 4. The maximum absolute atomic E-state index is 13.5. The van der Waals surface area contributed by atoms with E-state index in [1.807, 2.05) is 59.6 Å². The highest BCUT2D eigenvalue weighted by Crippen LogP contribution is 2.45. The number of hydrogen-bond acceptors (Lipinski definition) is 13. The number of carboxylic acid groups (broad SMARTS) is 2. The van der Waals surface area contributed by atoms with Gasteiger partial charge in [-0.3, -0.25) is 19.5 Å². The van der Waals surface area contributed by atoms with E-state index in [-0.39, 0.29) is 46.9 Å². The molecular formula is C35H37N9O8S2. The number of aromatic nitrogens is 3. The summed E-state index contributed by atoms with van der Waals surface area (Å²) in [6.45, 7) is 4.05. The molecule has 0 bridgehead atoms. The van der Waals surface area contributed by atoms with Crippen molar-refractivity contribution in [2.75, 3.05) is 24.6 Å². The van der Waals surface area contributed by atoms with Crippen LogP contribution in [0.3, 0.4) is 0 Å². The maximum atomic E-state index is 13.5. The Morgan fingerprint density at radius 1 is 1.17 bits per heavy atom. The van der Waals surface area contributed by atoms with E-state index in [1.54, 1.807) is 0 Å². The number of guanidine groups is 1. The van der Waals surface area contributed by atoms with Crippen molar-refractivity contribution in [1.29, 1.82) is 0 Å². The van der Waals surface area contributed by atoms with E-state index in [9.17, 15) is 29.4 Å². The van der Waals surface area contributed by atoms with Gasteiger partial charge in [0, 0.05) is 41.9 Å². The van der Waals surface area contributed by atoms with Gasteiger partial charge in [-0.1, -0.05) is 17.3 Å². The van der Waals surface area contributed by atoms with Gasteiger partial charge in [-0.2, -0.15) is 0 Å². The summed E-state index contributed by atoms with van der Waals surface area (Å²) in [5.74, 6) is -3.85. The Bertz CT molecular complexity index is 2210. The smallest absolute Gasteiger partial charge is 0.350 e. The van der Waals surface area contributed by atoms with Gasteiger partial charge in [-0.05, 0) is 37.6 Å². The number of nitrogens with two attached hydrogens (primary N) is 3. The van der Waals surface area contributed by atoms with Crippen molar-refractivity contribution in [1.82, 2.24) is 14.5 Å². The van der Waals surface area contributed by atoms with Crippen molar-refractivity contribution in [3.05, 3.63) is 82.9 Å². The largest absolute Gasteiger partial charge is 0.543 e. The molecule has 3 aromatic heterocycles. The molecule has 2 aliphatic heterocycles. The predicted molar refractivity (Wildman–Crippen MR) is 198 cm³/mol. The Balaban J connectivity index is 1.13. The Morgan fingerprint density at radius 2 is 1.93 bits per heavy atom. The second-order valence-electron chi connectivity index (χ2n) is 13.0. The van der Waals surface area contributed by atoms with Crippen molar-refractivity contribution in [2.45, 2.75) is 44.3 Å². The number of Topliss-reactive ketones (excluding diaryl/α,β-unsaturated/α-hetero) is 1. The predicted octanol–water partition coefficient (Wildman–Crippen LogP) is 0.447. The SMILES string of the molecule is CC(C)(O/N=C(\C(=O)C[C@@H]1C(=O)N2C(C(=O)[O-])=C(C[n+]3ccc4c(ccn4Cc4ccc(OCCN=C(N)N)cc4)c3)CS[C@H]12)c1csc(N)n1)C(=O)O. The molecule has 1 fully saturated rings. The van der Waals surface area contributed by atoms with Crippen molar-refractivity contribution in [3.63, 3.8) is 0 Å². The number of benzene rings is 1. The van der Waals surface area contributed by atoms with E-state index in [4.69, 9.17) is 26.8 Å². The number of thioether (sulfide) groups is 1. The summed E-state index contributed by atoms with van der Waals surface area (Å²) in [5.41, 5.74) is 16.8. The molecule has 0 radical (unpaired) electrons. The number of thiazole rings is 1. The van der Waals surface area contributed by atoms with Gasteiger partial charge in [0.1, 0.15) is 18.1 Å². The van der Waals surface area contributed by atoms with Crippen LogP contribution in [0.15, 0.2) is 81.8 Å². The number of rotatable bonds is 16. The number of ketones is 1. The monoisotopic (exact) mass is 775 g/mol. The molecule has 0 aliphatic carbocycles. The molecule has 1 saturated heterocycles. The van der Waals surface area contributed by atoms with Crippen LogP contribution in [-0.4, -0.2) is 84.7 Å².